The van der Waals surface area contributed by atoms with Gasteiger partial charge in [-0.1, -0.05) is 22.0 Å². The number of aromatic nitrogens is 1. The number of carbonyl (C=O) groups is 1. The van der Waals surface area contributed by atoms with E-state index in [4.69, 9.17) is 4.74 Å². The number of hydrogen-bond donors (Lipinski definition) is 1. The minimum Gasteiger partial charge on any atom is -0.462 e. The molecule has 1 N–H and O–H groups in total. The van der Waals surface area contributed by atoms with E-state index in [-0.39, 0.29) is 5.97 Å². The van der Waals surface area contributed by atoms with E-state index in [2.05, 4.69) is 20.9 Å². The number of H-pyrrole nitrogens is 1. The quantitative estimate of drug-likeness (QED) is 0.857. The zero-order valence-electron chi connectivity index (χ0n) is 9.13. The number of ether oxygens (including phenoxy) is 1. The lowest BCUT2D eigenvalue weighted by atomic mass is 10.1. The molecule has 0 bridgehead atoms. The van der Waals surface area contributed by atoms with Gasteiger partial charge in [0, 0.05) is 21.1 Å². The Hall–Kier alpha value is -1.29. The summed E-state index contributed by atoms with van der Waals surface area (Å²) in [5.41, 5.74) is 2.41. The van der Waals surface area contributed by atoms with Gasteiger partial charge in [-0.05, 0) is 26.0 Å². The van der Waals surface area contributed by atoms with Gasteiger partial charge in [-0.2, -0.15) is 0 Å². The Morgan fingerprint density at radius 1 is 1.50 bits per heavy atom. The van der Waals surface area contributed by atoms with E-state index in [0.29, 0.717) is 12.2 Å². The summed E-state index contributed by atoms with van der Waals surface area (Å²) in [6, 6.07) is 5.78. The molecule has 2 aromatic rings. The molecule has 0 spiro atoms. The van der Waals surface area contributed by atoms with Crippen LogP contribution in [0.5, 0.6) is 0 Å². The molecule has 0 atom stereocenters. The topological polar surface area (TPSA) is 42.1 Å². The number of hydrogen-bond acceptors (Lipinski definition) is 2. The Bertz CT molecular complexity index is 545. The van der Waals surface area contributed by atoms with Gasteiger partial charge < -0.3 is 9.72 Å². The average Bonchev–Trinajstić information content (AvgIpc) is 2.53. The third kappa shape index (κ3) is 1.85. The van der Waals surface area contributed by atoms with E-state index in [0.717, 1.165) is 21.1 Å². The molecule has 0 aliphatic carbocycles. The van der Waals surface area contributed by atoms with Crippen LogP contribution in [0.4, 0.5) is 0 Å². The summed E-state index contributed by atoms with van der Waals surface area (Å²) < 4.78 is 6.02. The minimum atomic E-state index is -0.270. The normalized spacial score (nSPS) is 10.7. The lowest BCUT2D eigenvalue weighted by Crippen LogP contribution is -2.05. The van der Waals surface area contributed by atoms with Crippen molar-refractivity contribution in [1.29, 1.82) is 0 Å². The van der Waals surface area contributed by atoms with Crippen LogP contribution in [0, 0.1) is 6.92 Å². The van der Waals surface area contributed by atoms with Gasteiger partial charge in [-0.3, -0.25) is 0 Å². The van der Waals surface area contributed by atoms with Crippen LogP contribution in [0.25, 0.3) is 10.9 Å². The first-order valence-electron chi connectivity index (χ1n) is 5.08. The first-order valence-corrected chi connectivity index (χ1v) is 5.87. The highest BCUT2D eigenvalue weighted by Gasteiger charge is 2.16. The molecule has 84 valence electrons. The number of aryl methyl sites for hydroxylation is 1. The lowest BCUT2D eigenvalue weighted by molar-refractivity contribution is 0.0528. The fourth-order valence-corrected chi connectivity index (χ4v) is 2.13. The summed E-state index contributed by atoms with van der Waals surface area (Å²) in [7, 11) is 0. The van der Waals surface area contributed by atoms with Crippen molar-refractivity contribution in [3.05, 3.63) is 33.9 Å². The van der Waals surface area contributed by atoms with Crippen LogP contribution in [-0.4, -0.2) is 17.6 Å². The Labute approximate surface area is 102 Å². The molecule has 4 heteroatoms. The number of aromatic amines is 1. The van der Waals surface area contributed by atoms with Gasteiger partial charge >= 0.3 is 5.97 Å². The van der Waals surface area contributed by atoms with E-state index < -0.39 is 0 Å². The smallest absolute Gasteiger partial charge is 0.340 e. The molecule has 0 radical (unpaired) electrons. The number of rotatable bonds is 2. The summed E-state index contributed by atoms with van der Waals surface area (Å²) >= 11 is 3.40. The van der Waals surface area contributed by atoms with E-state index in [1.165, 1.54) is 0 Å². The van der Waals surface area contributed by atoms with Crippen molar-refractivity contribution in [1.82, 2.24) is 4.98 Å². The monoisotopic (exact) mass is 281 g/mol. The maximum absolute atomic E-state index is 11.8. The molecule has 0 aliphatic heterocycles. The summed E-state index contributed by atoms with van der Waals surface area (Å²) in [5.74, 6) is -0.270. The van der Waals surface area contributed by atoms with Gasteiger partial charge in [0.25, 0.3) is 0 Å². The third-order valence-corrected chi connectivity index (χ3v) is 2.92. The van der Waals surface area contributed by atoms with Gasteiger partial charge in [-0.25, -0.2) is 4.79 Å². The van der Waals surface area contributed by atoms with Crippen molar-refractivity contribution in [2.45, 2.75) is 13.8 Å². The number of fused-ring (bicyclic) bond motifs is 1. The molecule has 0 saturated heterocycles. The molecule has 1 aromatic heterocycles. The number of esters is 1. The summed E-state index contributed by atoms with van der Waals surface area (Å²) in [5, 5.41) is 0.902. The Morgan fingerprint density at radius 2 is 2.25 bits per heavy atom. The molecule has 0 saturated carbocycles. The van der Waals surface area contributed by atoms with Gasteiger partial charge in [0.05, 0.1) is 12.2 Å². The molecular weight excluding hydrogens is 270 g/mol. The fraction of sp³-hybridized carbons (Fsp3) is 0.250. The molecule has 0 aliphatic rings. The highest BCUT2D eigenvalue weighted by atomic mass is 79.9. The largest absolute Gasteiger partial charge is 0.462 e. The highest BCUT2D eigenvalue weighted by molar-refractivity contribution is 9.10. The Balaban J connectivity index is 2.60. The van der Waals surface area contributed by atoms with Crippen LogP contribution in [0.3, 0.4) is 0 Å². The average molecular weight is 282 g/mol. The number of nitrogens with one attached hydrogen (secondary N) is 1. The molecule has 2 rings (SSSR count). The van der Waals surface area contributed by atoms with Crippen LogP contribution in [-0.2, 0) is 4.74 Å². The van der Waals surface area contributed by atoms with Crippen molar-refractivity contribution < 1.29 is 9.53 Å². The Morgan fingerprint density at radius 3 is 2.94 bits per heavy atom. The second-order valence-electron chi connectivity index (χ2n) is 3.54. The molecule has 0 amide bonds. The highest BCUT2D eigenvalue weighted by Crippen LogP contribution is 2.25. The van der Waals surface area contributed by atoms with E-state index in [1.54, 1.807) is 6.92 Å². The molecule has 16 heavy (non-hydrogen) atoms. The number of benzene rings is 1. The van der Waals surface area contributed by atoms with Crippen molar-refractivity contribution >= 4 is 32.8 Å². The lowest BCUT2D eigenvalue weighted by Gasteiger charge is -2.01. The van der Waals surface area contributed by atoms with Gasteiger partial charge in [0.15, 0.2) is 0 Å². The predicted octanol–water partition coefficient (Wildman–Crippen LogP) is 3.42. The Kier molecular flexibility index (Phi) is 3.01. The first kappa shape index (κ1) is 11.2. The molecule has 1 aromatic carbocycles. The summed E-state index contributed by atoms with van der Waals surface area (Å²) in [4.78, 5) is 14.9. The van der Waals surface area contributed by atoms with Gasteiger partial charge in [0.2, 0.25) is 0 Å². The molecule has 0 fully saturated rings. The number of halogens is 1. The maximum atomic E-state index is 11.8. The molecule has 0 unspecified atom stereocenters. The van der Waals surface area contributed by atoms with Gasteiger partial charge in [-0.15, -0.1) is 0 Å². The summed E-state index contributed by atoms with van der Waals surface area (Å²) in [6.45, 7) is 4.07. The minimum absolute atomic E-state index is 0.270. The van der Waals surface area contributed by atoms with Crippen LogP contribution in [0.15, 0.2) is 22.7 Å². The molecular formula is C12H12BrNO2. The van der Waals surface area contributed by atoms with Crippen molar-refractivity contribution in [3.63, 3.8) is 0 Å². The van der Waals surface area contributed by atoms with Crippen LogP contribution in [0.2, 0.25) is 0 Å². The molecule has 3 nitrogen and oxygen atoms in total. The predicted molar refractivity (Wildman–Crippen MR) is 66.7 cm³/mol. The maximum Gasteiger partial charge on any atom is 0.340 e. The van der Waals surface area contributed by atoms with Crippen LogP contribution < -0.4 is 0 Å². The van der Waals surface area contributed by atoms with Crippen LogP contribution >= 0.6 is 15.9 Å². The van der Waals surface area contributed by atoms with Crippen molar-refractivity contribution in [2.75, 3.05) is 6.61 Å². The van der Waals surface area contributed by atoms with Gasteiger partial charge in [0.1, 0.15) is 0 Å². The molecule has 1 heterocycles. The second kappa shape index (κ2) is 4.29. The van der Waals surface area contributed by atoms with Crippen molar-refractivity contribution in [2.24, 2.45) is 0 Å². The van der Waals surface area contributed by atoms with Crippen LogP contribution in [0.1, 0.15) is 23.0 Å². The second-order valence-corrected chi connectivity index (χ2v) is 4.45. The standard InChI is InChI=1S/C12H12BrNO2/c1-3-16-12(15)11-7(2)14-10-6-8(13)4-5-9(10)11/h4-6,14H,3H2,1-2H3. The van der Waals surface area contributed by atoms with Crippen molar-refractivity contribution in [3.8, 4) is 0 Å². The van der Waals surface area contributed by atoms with E-state index >= 15 is 0 Å². The fourth-order valence-electron chi connectivity index (χ4n) is 1.77. The van der Waals surface area contributed by atoms with E-state index in [1.807, 2.05) is 25.1 Å². The zero-order valence-corrected chi connectivity index (χ0v) is 10.7. The van der Waals surface area contributed by atoms with E-state index in [9.17, 15) is 4.79 Å². The zero-order chi connectivity index (χ0) is 11.7. The number of carbonyl (C=O) groups excluding carboxylic acids is 1. The summed E-state index contributed by atoms with van der Waals surface area (Å²) in [6.07, 6.45) is 0. The first-order chi connectivity index (χ1) is 7.63. The SMILES string of the molecule is CCOC(=O)c1c(C)[nH]c2cc(Br)ccc12. The third-order valence-electron chi connectivity index (χ3n) is 2.43.